The summed E-state index contributed by atoms with van der Waals surface area (Å²) < 4.78 is 21.6. The highest BCUT2D eigenvalue weighted by molar-refractivity contribution is 5.80. The quantitative estimate of drug-likeness (QED) is 0.838. The number of aromatic hydroxyl groups is 1. The van der Waals surface area contributed by atoms with Crippen molar-refractivity contribution in [3.8, 4) is 34.1 Å². The lowest BCUT2D eigenvalue weighted by atomic mass is 9.78. The van der Waals surface area contributed by atoms with Crippen molar-refractivity contribution in [2.75, 3.05) is 27.9 Å². The minimum atomic E-state index is -0.209. The molecule has 0 saturated carbocycles. The highest BCUT2D eigenvalue weighted by atomic mass is 16.5. The summed E-state index contributed by atoms with van der Waals surface area (Å²) in [7, 11) is 4.71. The zero-order chi connectivity index (χ0) is 19.1. The first-order chi connectivity index (χ1) is 13.0. The van der Waals surface area contributed by atoms with Crippen LogP contribution in [-0.2, 0) is 22.4 Å². The predicted octanol–water partition coefficient (Wildman–Crippen LogP) is 2.97. The van der Waals surface area contributed by atoms with Gasteiger partial charge in [0, 0.05) is 5.92 Å². The number of cyclic esters (lactones) is 1. The molecule has 2 atom stereocenters. The number of phenols is 1. The molecule has 6 heteroatoms. The van der Waals surface area contributed by atoms with Gasteiger partial charge in [0.05, 0.1) is 33.9 Å². The van der Waals surface area contributed by atoms with Crippen molar-refractivity contribution in [2.45, 2.75) is 12.8 Å². The van der Waals surface area contributed by atoms with Gasteiger partial charge >= 0.3 is 5.97 Å². The van der Waals surface area contributed by atoms with E-state index in [0.29, 0.717) is 36.7 Å². The van der Waals surface area contributed by atoms with Crippen LogP contribution in [0, 0.1) is 11.8 Å². The number of benzene rings is 2. The third-order valence-corrected chi connectivity index (χ3v) is 5.54. The zero-order valence-corrected chi connectivity index (χ0v) is 15.6. The van der Waals surface area contributed by atoms with Gasteiger partial charge in [-0.15, -0.1) is 0 Å². The summed E-state index contributed by atoms with van der Waals surface area (Å²) in [6.07, 6.45) is 1.24. The summed E-state index contributed by atoms with van der Waals surface area (Å²) in [5.41, 5.74) is 3.79. The first-order valence-electron chi connectivity index (χ1n) is 8.87. The second-order valence-electron chi connectivity index (χ2n) is 6.95. The Labute approximate surface area is 157 Å². The minimum absolute atomic E-state index is 0.0584. The van der Waals surface area contributed by atoms with Crippen LogP contribution in [-0.4, -0.2) is 39.0 Å². The molecule has 1 aliphatic heterocycles. The van der Waals surface area contributed by atoms with E-state index in [9.17, 15) is 9.90 Å². The number of fused-ring (bicyclic) bond motifs is 4. The molecule has 2 aromatic carbocycles. The van der Waals surface area contributed by atoms with Gasteiger partial charge in [0.1, 0.15) is 0 Å². The molecular formula is C21H22O6. The van der Waals surface area contributed by atoms with Crippen molar-refractivity contribution >= 4 is 5.97 Å². The first kappa shape index (κ1) is 17.5. The van der Waals surface area contributed by atoms with E-state index in [1.807, 2.05) is 12.1 Å². The lowest BCUT2D eigenvalue weighted by Gasteiger charge is -2.25. The predicted molar refractivity (Wildman–Crippen MR) is 98.5 cm³/mol. The molecule has 142 valence electrons. The van der Waals surface area contributed by atoms with E-state index in [1.54, 1.807) is 26.4 Å². The third kappa shape index (κ3) is 2.85. The van der Waals surface area contributed by atoms with Crippen molar-refractivity contribution < 1.29 is 28.8 Å². The van der Waals surface area contributed by atoms with Gasteiger partial charge in [0.2, 0.25) is 0 Å². The molecule has 1 N–H and O–H groups in total. The van der Waals surface area contributed by atoms with E-state index in [0.717, 1.165) is 22.3 Å². The average molecular weight is 370 g/mol. The lowest BCUT2D eigenvalue weighted by molar-refractivity contribution is -0.141. The summed E-state index contributed by atoms with van der Waals surface area (Å²) in [6.45, 7) is 0.418. The molecule has 2 aromatic rings. The maximum atomic E-state index is 12.3. The van der Waals surface area contributed by atoms with Crippen LogP contribution in [0.1, 0.15) is 11.1 Å². The fourth-order valence-electron chi connectivity index (χ4n) is 4.11. The minimum Gasteiger partial charge on any atom is -0.504 e. The molecule has 0 radical (unpaired) electrons. The van der Waals surface area contributed by atoms with Gasteiger partial charge in [0.25, 0.3) is 0 Å². The summed E-state index contributed by atoms with van der Waals surface area (Å²) in [6, 6.07) is 7.37. The Morgan fingerprint density at radius 1 is 0.889 bits per heavy atom. The average Bonchev–Trinajstić information content (AvgIpc) is 3.00. The molecule has 2 aliphatic rings. The highest BCUT2D eigenvalue weighted by Crippen LogP contribution is 2.45. The molecule has 1 heterocycles. The monoisotopic (exact) mass is 370 g/mol. The number of hydrogen-bond donors (Lipinski definition) is 1. The number of methoxy groups -OCH3 is 3. The smallest absolute Gasteiger partial charge is 0.309 e. The summed E-state index contributed by atoms with van der Waals surface area (Å²) >= 11 is 0. The number of ether oxygens (including phenoxy) is 4. The Bertz CT molecular complexity index is 904. The SMILES string of the molecule is COc1cc2c(cc1O)-c1cc(OC)c(OC)cc1C[C@H]1COC(=O)[C@@H]1C2. The Hall–Kier alpha value is -2.89. The Balaban J connectivity index is 1.97. The molecule has 4 rings (SSSR count). The zero-order valence-electron chi connectivity index (χ0n) is 15.6. The van der Waals surface area contributed by atoms with Crippen LogP contribution in [0.25, 0.3) is 11.1 Å². The van der Waals surface area contributed by atoms with Crippen molar-refractivity contribution in [1.29, 1.82) is 0 Å². The van der Waals surface area contributed by atoms with Crippen molar-refractivity contribution in [3.63, 3.8) is 0 Å². The number of phenolic OH excluding ortho intramolecular Hbond substituents is 1. The van der Waals surface area contributed by atoms with Gasteiger partial charge in [-0.05, 0) is 59.4 Å². The van der Waals surface area contributed by atoms with Crippen LogP contribution < -0.4 is 14.2 Å². The van der Waals surface area contributed by atoms with Gasteiger partial charge < -0.3 is 24.1 Å². The van der Waals surface area contributed by atoms with Gasteiger partial charge in [-0.1, -0.05) is 0 Å². The number of carbonyl (C=O) groups is 1. The Morgan fingerprint density at radius 2 is 1.48 bits per heavy atom. The van der Waals surface area contributed by atoms with E-state index in [4.69, 9.17) is 18.9 Å². The van der Waals surface area contributed by atoms with Crippen molar-refractivity contribution in [3.05, 3.63) is 35.4 Å². The molecule has 1 fully saturated rings. The molecule has 27 heavy (non-hydrogen) atoms. The van der Waals surface area contributed by atoms with Gasteiger partial charge in [0.15, 0.2) is 23.0 Å². The van der Waals surface area contributed by atoms with Crippen molar-refractivity contribution in [1.82, 2.24) is 0 Å². The maximum absolute atomic E-state index is 12.3. The third-order valence-electron chi connectivity index (χ3n) is 5.54. The molecule has 0 aromatic heterocycles. The van der Waals surface area contributed by atoms with Crippen LogP contribution in [0.3, 0.4) is 0 Å². The number of esters is 1. The van der Waals surface area contributed by atoms with Crippen LogP contribution in [0.15, 0.2) is 24.3 Å². The molecule has 6 nitrogen and oxygen atoms in total. The highest BCUT2D eigenvalue weighted by Gasteiger charge is 2.39. The van der Waals surface area contributed by atoms with E-state index in [-0.39, 0.29) is 23.6 Å². The standard InChI is InChI=1S/C21H22O6/c1-24-18-6-12-5-16-13(10-27-21(16)23)4-11-7-19(25-2)20(26-3)9-15(11)14(12)8-17(18)22/h6-9,13,16,22H,4-5,10H2,1-3H3/t13-,16+/m0/s1. The Morgan fingerprint density at radius 3 is 2.19 bits per heavy atom. The molecular weight excluding hydrogens is 348 g/mol. The molecule has 0 bridgehead atoms. The first-order valence-corrected chi connectivity index (χ1v) is 8.87. The second kappa shape index (κ2) is 6.68. The number of hydrogen-bond acceptors (Lipinski definition) is 6. The van der Waals surface area contributed by atoms with E-state index < -0.39 is 0 Å². The topological polar surface area (TPSA) is 74.2 Å². The molecule has 0 unspecified atom stereocenters. The Kier molecular flexibility index (Phi) is 4.34. The molecule has 0 amide bonds. The van der Waals surface area contributed by atoms with Crippen molar-refractivity contribution in [2.24, 2.45) is 11.8 Å². The molecule has 1 saturated heterocycles. The van der Waals surface area contributed by atoms with E-state index in [2.05, 4.69) is 0 Å². The maximum Gasteiger partial charge on any atom is 0.309 e. The van der Waals surface area contributed by atoms with Gasteiger partial charge in [-0.25, -0.2) is 0 Å². The number of rotatable bonds is 3. The van der Waals surface area contributed by atoms with Crippen LogP contribution in [0.2, 0.25) is 0 Å². The summed E-state index contributed by atoms with van der Waals surface area (Å²) in [5.74, 6) is 1.43. The summed E-state index contributed by atoms with van der Waals surface area (Å²) in [5, 5.41) is 10.3. The van der Waals surface area contributed by atoms with Gasteiger partial charge in [-0.2, -0.15) is 0 Å². The van der Waals surface area contributed by atoms with E-state index in [1.165, 1.54) is 7.11 Å². The van der Waals surface area contributed by atoms with E-state index >= 15 is 0 Å². The number of carbonyl (C=O) groups excluding carboxylic acids is 1. The lowest BCUT2D eigenvalue weighted by Crippen LogP contribution is -2.23. The van der Waals surface area contributed by atoms with Gasteiger partial charge in [-0.3, -0.25) is 4.79 Å². The van der Waals surface area contributed by atoms with Crippen LogP contribution in [0.4, 0.5) is 0 Å². The van der Waals surface area contributed by atoms with Crippen LogP contribution in [0.5, 0.6) is 23.0 Å². The van der Waals surface area contributed by atoms with Crippen LogP contribution >= 0.6 is 0 Å². The molecule has 1 aliphatic carbocycles. The largest absolute Gasteiger partial charge is 0.504 e. The fourth-order valence-corrected chi connectivity index (χ4v) is 4.11. The fraction of sp³-hybridized carbons (Fsp3) is 0.381. The summed E-state index contributed by atoms with van der Waals surface area (Å²) in [4.78, 5) is 12.3. The molecule has 0 spiro atoms. The second-order valence-corrected chi connectivity index (χ2v) is 6.95. The normalized spacial score (nSPS) is 20.5.